The maximum absolute atomic E-state index is 11.0. The van der Waals surface area contributed by atoms with Gasteiger partial charge in [0.25, 0.3) is 0 Å². The molecule has 5 nitrogen and oxygen atoms in total. The number of aromatic carboxylic acids is 1. The normalized spacial score (nSPS) is 10.5. The van der Waals surface area contributed by atoms with Crippen LogP contribution in [-0.2, 0) is 6.42 Å². The first-order chi connectivity index (χ1) is 7.24. The quantitative estimate of drug-likeness (QED) is 0.804. The minimum Gasteiger partial charge on any atom is -0.477 e. The third-order valence-electron chi connectivity index (χ3n) is 2.15. The van der Waals surface area contributed by atoms with E-state index < -0.39 is 5.97 Å². The molecule has 2 aromatic rings. The second-order valence-electron chi connectivity index (χ2n) is 3.07. The summed E-state index contributed by atoms with van der Waals surface area (Å²) in [5.74, 6) is -0.621. The Kier molecular flexibility index (Phi) is 2.29. The number of aromatic amines is 1. The SMILES string of the molecule is CCc1onc(-c2ccc[nH]2)c1C(=O)O. The lowest BCUT2D eigenvalue weighted by Crippen LogP contribution is -2.00. The fourth-order valence-electron chi connectivity index (χ4n) is 1.45. The first-order valence-corrected chi connectivity index (χ1v) is 4.59. The Balaban J connectivity index is 2.58. The van der Waals surface area contributed by atoms with Crippen molar-refractivity contribution in [3.05, 3.63) is 29.7 Å². The summed E-state index contributed by atoms with van der Waals surface area (Å²) in [4.78, 5) is 13.9. The fraction of sp³-hybridized carbons (Fsp3) is 0.200. The molecular weight excluding hydrogens is 196 g/mol. The number of carbonyl (C=O) groups is 1. The molecule has 0 fully saturated rings. The van der Waals surface area contributed by atoms with Crippen LogP contribution in [0.2, 0.25) is 0 Å². The smallest absolute Gasteiger partial charge is 0.341 e. The molecule has 0 aliphatic heterocycles. The van der Waals surface area contributed by atoms with Crippen molar-refractivity contribution in [1.29, 1.82) is 0 Å². The van der Waals surface area contributed by atoms with Gasteiger partial charge in [-0.05, 0) is 12.1 Å². The van der Waals surface area contributed by atoms with E-state index in [0.717, 1.165) is 0 Å². The van der Waals surface area contributed by atoms with Gasteiger partial charge in [-0.1, -0.05) is 12.1 Å². The molecule has 0 atom stereocenters. The van der Waals surface area contributed by atoms with E-state index in [2.05, 4.69) is 10.1 Å². The summed E-state index contributed by atoms with van der Waals surface area (Å²) >= 11 is 0. The zero-order chi connectivity index (χ0) is 10.8. The van der Waals surface area contributed by atoms with E-state index in [0.29, 0.717) is 23.6 Å². The lowest BCUT2D eigenvalue weighted by Gasteiger charge is -1.94. The van der Waals surface area contributed by atoms with Gasteiger partial charge >= 0.3 is 5.97 Å². The van der Waals surface area contributed by atoms with Crippen molar-refractivity contribution in [2.75, 3.05) is 0 Å². The number of aromatic nitrogens is 2. The molecule has 2 rings (SSSR count). The van der Waals surface area contributed by atoms with Gasteiger partial charge < -0.3 is 14.6 Å². The van der Waals surface area contributed by atoms with E-state index in [1.165, 1.54) is 0 Å². The zero-order valence-corrected chi connectivity index (χ0v) is 8.15. The third kappa shape index (κ3) is 1.52. The number of carboxylic acid groups (broad SMARTS) is 1. The van der Waals surface area contributed by atoms with E-state index in [9.17, 15) is 4.79 Å². The Hall–Kier alpha value is -2.04. The molecule has 0 unspecified atom stereocenters. The number of nitrogens with one attached hydrogen (secondary N) is 1. The van der Waals surface area contributed by atoms with Crippen molar-refractivity contribution >= 4 is 5.97 Å². The van der Waals surface area contributed by atoms with Gasteiger partial charge in [0, 0.05) is 12.6 Å². The summed E-state index contributed by atoms with van der Waals surface area (Å²) in [6.45, 7) is 1.82. The highest BCUT2D eigenvalue weighted by molar-refractivity contribution is 5.95. The van der Waals surface area contributed by atoms with Crippen LogP contribution in [0.5, 0.6) is 0 Å². The van der Waals surface area contributed by atoms with Gasteiger partial charge in [0.2, 0.25) is 0 Å². The highest BCUT2D eigenvalue weighted by Crippen LogP contribution is 2.24. The molecule has 2 N–H and O–H groups in total. The van der Waals surface area contributed by atoms with Crippen molar-refractivity contribution in [3.63, 3.8) is 0 Å². The number of aryl methyl sites for hydroxylation is 1. The largest absolute Gasteiger partial charge is 0.477 e. The van der Waals surface area contributed by atoms with Crippen LogP contribution in [-0.4, -0.2) is 21.2 Å². The summed E-state index contributed by atoms with van der Waals surface area (Å²) in [5.41, 5.74) is 1.14. The fourth-order valence-corrected chi connectivity index (χ4v) is 1.45. The molecular formula is C10H10N2O3. The van der Waals surface area contributed by atoms with Crippen LogP contribution >= 0.6 is 0 Å². The molecule has 0 saturated heterocycles. The van der Waals surface area contributed by atoms with Gasteiger partial charge in [0.15, 0.2) is 5.76 Å². The average molecular weight is 206 g/mol. The van der Waals surface area contributed by atoms with Crippen molar-refractivity contribution in [2.45, 2.75) is 13.3 Å². The lowest BCUT2D eigenvalue weighted by molar-refractivity contribution is 0.0695. The third-order valence-corrected chi connectivity index (χ3v) is 2.15. The monoisotopic (exact) mass is 206 g/mol. The maximum Gasteiger partial charge on any atom is 0.341 e. The minimum absolute atomic E-state index is 0.139. The van der Waals surface area contributed by atoms with E-state index in [1.807, 2.05) is 6.92 Å². The van der Waals surface area contributed by atoms with Crippen LogP contribution in [0.25, 0.3) is 11.4 Å². The van der Waals surface area contributed by atoms with Crippen molar-refractivity contribution < 1.29 is 14.4 Å². The Morgan fingerprint density at radius 2 is 2.47 bits per heavy atom. The van der Waals surface area contributed by atoms with Crippen LogP contribution < -0.4 is 0 Å². The highest BCUT2D eigenvalue weighted by Gasteiger charge is 2.22. The molecule has 0 aliphatic rings. The van der Waals surface area contributed by atoms with E-state index in [-0.39, 0.29) is 5.56 Å². The molecule has 0 bridgehead atoms. The van der Waals surface area contributed by atoms with Crippen LogP contribution in [0.3, 0.4) is 0 Å². The predicted octanol–water partition coefficient (Wildman–Crippen LogP) is 1.93. The van der Waals surface area contributed by atoms with Crippen LogP contribution in [0.4, 0.5) is 0 Å². The van der Waals surface area contributed by atoms with Crippen molar-refractivity contribution in [1.82, 2.24) is 10.1 Å². The van der Waals surface area contributed by atoms with Crippen molar-refractivity contribution in [3.8, 4) is 11.4 Å². The van der Waals surface area contributed by atoms with Gasteiger partial charge in [-0.3, -0.25) is 0 Å². The van der Waals surface area contributed by atoms with Crippen LogP contribution in [0, 0.1) is 0 Å². The van der Waals surface area contributed by atoms with Gasteiger partial charge in [-0.2, -0.15) is 0 Å². The van der Waals surface area contributed by atoms with Gasteiger partial charge in [0.1, 0.15) is 11.3 Å². The Morgan fingerprint density at radius 1 is 1.67 bits per heavy atom. The standard InChI is InChI=1S/C10H10N2O3/c1-2-7-8(10(13)14)9(12-15-7)6-4-3-5-11-6/h3-5,11H,2H2,1H3,(H,13,14). The molecule has 2 aromatic heterocycles. The zero-order valence-electron chi connectivity index (χ0n) is 8.15. The van der Waals surface area contributed by atoms with Crippen LogP contribution in [0.1, 0.15) is 23.0 Å². The predicted molar refractivity (Wildman–Crippen MR) is 52.6 cm³/mol. The minimum atomic E-state index is -1.02. The molecule has 15 heavy (non-hydrogen) atoms. The molecule has 78 valence electrons. The Morgan fingerprint density at radius 3 is 3.00 bits per heavy atom. The second-order valence-corrected chi connectivity index (χ2v) is 3.07. The number of rotatable bonds is 3. The van der Waals surface area contributed by atoms with Gasteiger partial charge in [-0.25, -0.2) is 4.79 Å². The first-order valence-electron chi connectivity index (χ1n) is 4.59. The number of hydrogen-bond donors (Lipinski definition) is 2. The number of carboxylic acids is 1. The van der Waals surface area contributed by atoms with Crippen LogP contribution in [0.15, 0.2) is 22.9 Å². The molecule has 0 spiro atoms. The second kappa shape index (κ2) is 3.61. The molecule has 5 heteroatoms. The lowest BCUT2D eigenvalue weighted by atomic mass is 10.1. The summed E-state index contributed by atoms with van der Waals surface area (Å²) in [5, 5.41) is 12.8. The average Bonchev–Trinajstić information content (AvgIpc) is 2.85. The number of nitrogens with zero attached hydrogens (tertiary/aromatic N) is 1. The van der Waals surface area contributed by atoms with E-state index in [1.54, 1.807) is 18.3 Å². The maximum atomic E-state index is 11.0. The summed E-state index contributed by atoms with van der Waals surface area (Å²) in [7, 11) is 0. The first kappa shape index (κ1) is 9.51. The molecule has 0 aromatic carbocycles. The number of H-pyrrole nitrogens is 1. The van der Waals surface area contributed by atoms with E-state index >= 15 is 0 Å². The van der Waals surface area contributed by atoms with Gasteiger partial charge in [-0.15, -0.1) is 0 Å². The molecule has 2 heterocycles. The molecule has 0 saturated carbocycles. The Bertz CT molecular complexity index is 471. The molecule has 0 amide bonds. The number of hydrogen-bond acceptors (Lipinski definition) is 3. The van der Waals surface area contributed by atoms with Crippen molar-refractivity contribution in [2.24, 2.45) is 0 Å². The highest BCUT2D eigenvalue weighted by atomic mass is 16.5. The van der Waals surface area contributed by atoms with Gasteiger partial charge in [0.05, 0.1) is 5.69 Å². The summed E-state index contributed by atoms with van der Waals surface area (Å²) in [6, 6.07) is 3.53. The molecule has 0 radical (unpaired) electrons. The topological polar surface area (TPSA) is 79.1 Å². The summed E-state index contributed by atoms with van der Waals surface area (Å²) in [6.07, 6.45) is 2.22. The Labute approximate surface area is 85.7 Å². The molecule has 0 aliphatic carbocycles. The van der Waals surface area contributed by atoms with E-state index in [4.69, 9.17) is 9.63 Å². The summed E-state index contributed by atoms with van der Waals surface area (Å²) < 4.78 is 4.98.